The average molecular weight is 363 g/mol. The summed E-state index contributed by atoms with van der Waals surface area (Å²) in [6.45, 7) is 0. The van der Waals surface area contributed by atoms with Gasteiger partial charge in [0.2, 0.25) is 5.13 Å². The van der Waals surface area contributed by atoms with Crippen LogP contribution < -0.4 is 5.43 Å². The first-order chi connectivity index (χ1) is 12.7. The summed E-state index contributed by atoms with van der Waals surface area (Å²) in [5.41, 5.74) is 7.25. The number of hydrazone groups is 1. The Morgan fingerprint density at radius 2 is 1.88 bits per heavy atom. The number of nitrogens with zero attached hydrogens (tertiary/aromatic N) is 2. The molecule has 0 bridgehead atoms. The maximum Gasteiger partial charge on any atom is 0.352 e. The van der Waals surface area contributed by atoms with E-state index in [1.165, 1.54) is 21.8 Å². The molecule has 4 rings (SSSR count). The Hall–Kier alpha value is -2.99. The zero-order chi connectivity index (χ0) is 17.9. The van der Waals surface area contributed by atoms with Crippen molar-refractivity contribution in [3.05, 3.63) is 70.6 Å². The van der Waals surface area contributed by atoms with Gasteiger partial charge in [0.1, 0.15) is 5.71 Å². The van der Waals surface area contributed by atoms with Crippen molar-refractivity contribution >= 4 is 28.1 Å². The lowest BCUT2D eigenvalue weighted by Gasteiger charge is -2.13. The molecule has 6 heteroatoms. The van der Waals surface area contributed by atoms with E-state index in [1.807, 2.05) is 42.5 Å². The van der Waals surface area contributed by atoms with E-state index in [0.717, 1.165) is 29.7 Å². The number of benzene rings is 2. The van der Waals surface area contributed by atoms with Crippen LogP contribution in [-0.4, -0.2) is 21.8 Å². The van der Waals surface area contributed by atoms with E-state index in [1.54, 1.807) is 0 Å². The largest absolute Gasteiger partial charge is 0.477 e. The number of aliphatic carboxylic acids is 1. The molecule has 5 nitrogen and oxygen atoms in total. The number of anilines is 1. The van der Waals surface area contributed by atoms with Crippen molar-refractivity contribution in [3.63, 3.8) is 0 Å². The molecule has 0 spiro atoms. The van der Waals surface area contributed by atoms with Crippen LogP contribution in [-0.2, 0) is 24.1 Å². The Kier molecular flexibility index (Phi) is 4.50. The second-order valence-electron chi connectivity index (χ2n) is 6.09. The number of fused-ring (bicyclic) bond motifs is 3. The van der Waals surface area contributed by atoms with E-state index in [2.05, 4.69) is 27.6 Å². The minimum atomic E-state index is -1.03. The number of thiazole rings is 1. The normalized spacial score (nSPS) is 13.0. The lowest BCUT2D eigenvalue weighted by atomic mass is 9.94. The highest BCUT2D eigenvalue weighted by molar-refractivity contribution is 7.16. The van der Waals surface area contributed by atoms with E-state index in [-0.39, 0.29) is 12.1 Å². The smallest absolute Gasteiger partial charge is 0.352 e. The fraction of sp³-hybridized carbons (Fsp3) is 0.150. The summed E-state index contributed by atoms with van der Waals surface area (Å²) >= 11 is 1.54. The van der Waals surface area contributed by atoms with Gasteiger partial charge in [0.25, 0.3) is 0 Å². The molecule has 2 N–H and O–H groups in total. The maximum absolute atomic E-state index is 11.5. The van der Waals surface area contributed by atoms with E-state index >= 15 is 0 Å². The molecule has 0 amide bonds. The van der Waals surface area contributed by atoms with Crippen molar-refractivity contribution in [1.82, 2.24) is 4.98 Å². The van der Waals surface area contributed by atoms with Crippen LogP contribution in [0.4, 0.5) is 5.13 Å². The first kappa shape index (κ1) is 16.5. The molecule has 130 valence electrons. The Balaban J connectivity index is 1.57. The lowest BCUT2D eigenvalue weighted by molar-refractivity contribution is -0.129. The number of aromatic nitrogens is 1. The second-order valence-corrected chi connectivity index (χ2v) is 7.17. The maximum atomic E-state index is 11.5. The van der Waals surface area contributed by atoms with Crippen LogP contribution >= 0.6 is 11.3 Å². The standard InChI is InChI=1S/C20H17N3O2S/c24-19(25)16(12-13-6-2-1-3-7-13)22-23-20-21-18-15-9-5-4-8-14(15)10-11-17(18)26-20/h1-9H,10-12H2,(H,21,23)(H,24,25)/b22-16-. The van der Waals surface area contributed by atoms with Crippen LogP contribution in [0.3, 0.4) is 0 Å². The van der Waals surface area contributed by atoms with Crippen molar-refractivity contribution < 1.29 is 9.90 Å². The van der Waals surface area contributed by atoms with Crippen molar-refractivity contribution in [2.45, 2.75) is 19.3 Å². The van der Waals surface area contributed by atoms with Crippen LogP contribution in [0, 0.1) is 0 Å². The summed E-state index contributed by atoms with van der Waals surface area (Å²) in [5.74, 6) is -1.03. The monoisotopic (exact) mass is 363 g/mol. The zero-order valence-corrected chi connectivity index (χ0v) is 14.8. The SMILES string of the molecule is O=C(O)/C(Cc1ccccc1)=N\Nc1nc2c(s1)CCc1ccccc1-2. The Morgan fingerprint density at radius 1 is 1.12 bits per heavy atom. The topological polar surface area (TPSA) is 74.6 Å². The summed E-state index contributed by atoms with van der Waals surface area (Å²) in [6.07, 6.45) is 2.21. The molecule has 0 saturated heterocycles. The summed E-state index contributed by atoms with van der Waals surface area (Å²) in [5, 5.41) is 14.1. The highest BCUT2D eigenvalue weighted by Crippen LogP contribution is 2.37. The number of aryl methyl sites for hydroxylation is 2. The highest BCUT2D eigenvalue weighted by Gasteiger charge is 2.20. The van der Waals surface area contributed by atoms with E-state index in [4.69, 9.17) is 0 Å². The molecule has 0 saturated carbocycles. The minimum absolute atomic E-state index is 0.0600. The fourth-order valence-corrected chi connectivity index (χ4v) is 3.98. The number of hydrogen-bond acceptors (Lipinski definition) is 5. The quantitative estimate of drug-likeness (QED) is 0.531. The van der Waals surface area contributed by atoms with Crippen molar-refractivity contribution in [3.8, 4) is 11.3 Å². The lowest BCUT2D eigenvalue weighted by Crippen LogP contribution is -2.17. The van der Waals surface area contributed by atoms with E-state index in [0.29, 0.717) is 5.13 Å². The molecule has 1 heterocycles. The van der Waals surface area contributed by atoms with Gasteiger partial charge in [-0.2, -0.15) is 5.10 Å². The van der Waals surface area contributed by atoms with Crippen LogP contribution in [0.2, 0.25) is 0 Å². The number of hydrogen-bond donors (Lipinski definition) is 2. The van der Waals surface area contributed by atoms with Crippen LogP contribution in [0.25, 0.3) is 11.3 Å². The first-order valence-corrected chi connectivity index (χ1v) is 9.20. The number of carboxylic acids is 1. The van der Waals surface area contributed by atoms with Crippen LogP contribution in [0.15, 0.2) is 59.7 Å². The second kappa shape index (κ2) is 7.09. The molecule has 3 aromatic rings. The molecule has 1 aliphatic carbocycles. The van der Waals surface area contributed by atoms with Gasteiger partial charge < -0.3 is 5.11 Å². The molecule has 1 aromatic heterocycles. The van der Waals surface area contributed by atoms with Gasteiger partial charge in [0.15, 0.2) is 0 Å². The molecule has 0 aliphatic heterocycles. The van der Waals surface area contributed by atoms with Gasteiger partial charge in [-0.05, 0) is 24.0 Å². The molecule has 26 heavy (non-hydrogen) atoms. The average Bonchev–Trinajstić information content (AvgIpc) is 3.09. The molecule has 0 fully saturated rings. The van der Waals surface area contributed by atoms with Crippen LogP contribution in [0.1, 0.15) is 16.0 Å². The van der Waals surface area contributed by atoms with Gasteiger partial charge in [-0.15, -0.1) is 0 Å². The molecular formula is C20H17N3O2S. The van der Waals surface area contributed by atoms with Gasteiger partial charge in [0, 0.05) is 16.9 Å². The summed E-state index contributed by atoms with van der Waals surface area (Å²) in [7, 11) is 0. The molecule has 2 aromatic carbocycles. The van der Waals surface area contributed by atoms with Gasteiger partial charge in [-0.1, -0.05) is 65.9 Å². The summed E-state index contributed by atoms with van der Waals surface area (Å²) < 4.78 is 0. The predicted molar refractivity (Wildman–Crippen MR) is 104 cm³/mol. The van der Waals surface area contributed by atoms with E-state index < -0.39 is 5.97 Å². The number of nitrogens with one attached hydrogen (secondary N) is 1. The third kappa shape index (κ3) is 3.36. The zero-order valence-electron chi connectivity index (χ0n) is 14.0. The van der Waals surface area contributed by atoms with Gasteiger partial charge in [-0.3, -0.25) is 5.43 Å². The number of carbonyl (C=O) groups is 1. The summed E-state index contributed by atoms with van der Waals surface area (Å²) in [4.78, 5) is 17.3. The minimum Gasteiger partial charge on any atom is -0.477 e. The van der Waals surface area contributed by atoms with Gasteiger partial charge in [-0.25, -0.2) is 9.78 Å². The van der Waals surface area contributed by atoms with Gasteiger partial charge >= 0.3 is 5.97 Å². The Bertz CT molecular complexity index is 980. The Labute approximate surface area is 155 Å². The number of rotatable bonds is 5. The number of carboxylic acid groups (broad SMARTS) is 1. The Morgan fingerprint density at radius 3 is 2.69 bits per heavy atom. The molecule has 0 radical (unpaired) electrons. The molecule has 1 aliphatic rings. The predicted octanol–water partition coefficient (Wildman–Crippen LogP) is 4.00. The highest BCUT2D eigenvalue weighted by atomic mass is 32.1. The fourth-order valence-electron chi connectivity index (χ4n) is 3.06. The molecule has 0 unspecified atom stereocenters. The van der Waals surface area contributed by atoms with Crippen molar-refractivity contribution in [1.29, 1.82) is 0 Å². The summed E-state index contributed by atoms with van der Waals surface area (Å²) in [6, 6.07) is 17.7. The van der Waals surface area contributed by atoms with Crippen molar-refractivity contribution in [2.75, 3.05) is 5.43 Å². The molecular weight excluding hydrogens is 346 g/mol. The van der Waals surface area contributed by atoms with Gasteiger partial charge in [0.05, 0.1) is 5.69 Å². The first-order valence-electron chi connectivity index (χ1n) is 8.38. The third-order valence-electron chi connectivity index (χ3n) is 4.34. The van der Waals surface area contributed by atoms with Crippen molar-refractivity contribution in [2.24, 2.45) is 5.10 Å². The van der Waals surface area contributed by atoms with E-state index in [9.17, 15) is 9.90 Å². The van der Waals surface area contributed by atoms with Crippen LogP contribution in [0.5, 0.6) is 0 Å². The molecule has 0 atom stereocenters. The third-order valence-corrected chi connectivity index (χ3v) is 5.36.